The number of aldehydes is 1. The molecule has 0 N–H and O–H groups in total. The summed E-state index contributed by atoms with van der Waals surface area (Å²) in [6.07, 6.45) is 0.662. The van der Waals surface area contributed by atoms with Gasteiger partial charge in [-0.25, -0.2) is 0 Å². The highest BCUT2D eigenvalue weighted by atomic mass is 16.3. The van der Waals surface area contributed by atoms with Gasteiger partial charge in [-0.3, -0.25) is 9.59 Å². The SMILES string of the molecule is CC(=O)N(C)c1cccc(-c2ccc(C=O)o2)c1. The zero-order valence-corrected chi connectivity index (χ0v) is 10.2. The largest absolute Gasteiger partial charge is 0.453 e. The molecule has 1 aromatic carbocycles. The summed E-state index contributed by atoms with van der Waals surface area (Å²) in [4.78, 5) is 23.4. The molecule has 0 saturated heterocycles. The Labute approximate surface area is 105 Å². The molecule has 2 rings (SSSR count). The lowest BCUT2D eigenvalue weighted by Gasteiger charge is -2.15. The second kappa shape index (κ2) is 4.87. The molecule has 0 aliphatic heterocycles. The highest BCUT2D eigenvalue weighted by Gasteiger charge is 2.09. The highest BCUT2D eigenvalue weighted by molar-refractivity contribution is 5.91. The molecule has 0 spiro atoms. The monoisotopic (exact) mass is 243 g/mol. The maximum absolute atomic E-state index is 11.3. The summed E-state index contributed by atoms with van der Waals surface area (Å²) in [5, 5.41) is 0. The summed E-state index contributed by atoms with van der Waals surface area (Å²) in [5.74, 6) is 0.853. The van der Waals surface area contributed by atoms with Crippen molar-refractivity contribution in [3.63, 3.8) is 0 Å². The van der Waals surface area contributed by atoms with Crippen LogP contribution >= 0.6 is 0 Å². The smallest absolute Gasteiger partial charge is 0.223 e. The van der Waals surface area contributed by atoms with Gasteiger partial charge in [0.25, 0.3) is 0 Å². The molecule has 0 radical (unpaired) electrons. The molecule has 0 fully saturated rings. The van der Waals surface area contributed by atoms with E-state index in [0.717, 1.165) is 11.3 Å². The highest BCUT2D eigenvalue weighted by Crippen LogP contribution is 2.25. The quantitative estimate of drug-likeness (QED) is 0.779. The fourth-order valence-electron chi connectivity index (χ4n) is 1.62. The van der Waals surface area contributed by atoms with Gasteiger partial charge in [0.1, 0.15) is 5.76 Å². The van der Waals surface area contributed by atoms with Crippen molar-refractivity contribution >= 4 is 17.9 Å². The molecule has 92 valence electrons. The number of benzene rings is 1. The van der Waals surface area contributed by atoms with Gasteiger partial charge in [-0.2, -0.15) is 0 Å². The first-order valence-corrected chi connectivity index (χ1v) is 5.51. The minimum absolute atomic E-state index is 0.0415. The molecule has 1 amide bonds. The molecule has 0 saturated carbocycles. The number of nitrogens with zero attached hydrogens (tertiary/aromatic N) is 1. The Bertz CT molecular complexity index is 586. The van der Waals surface area contributed by atoms with Gasteiger partial charge < -0.3 is 9.32 Å². The van der Waals surface area contributed by atoms with Crippen LogP contribution in [-0.4, -0.2) is 19.2 Å². The zero-order chi connectivity index (χ0) is 13.1. The van der Waals surface area contributed by atoms with Crippen LogP contribution in [0.5, 0.6) is 0 Å². The number of amides is 1. The Morgan fingerprint density at radius 3 is 2.67 bits per heavy atom. The standard InChI is InChI=1S/C14H13NO3/c1-10(17)15(2)12-5-3-4-11(8-12)14-7-6-13(9-16)18-14/h3-9H,1-2H3. The second-order valence-corrected chi connectivity index (χ2v) is 3.95. The van der Waals surface area contributed by atoms with Crippen LogP contribution in [0.3, 0.4) is 0 Å². The number of furan rings is 1. The predicted octanol–water partition coefficient (Wildman–Crippen LogP) is 2.74. The third kappa shape index (κ3) is 2.32. The minimum Gasteiger partial charge on any atom is -0.453 e. The van der Waals surface area contributed by atoms with Crippen molar-refractivity contribution in [2.24, 2.45) is 0 Å². The molecule has 4 heteroatoms. The average Bonchev–Trinajstić information content (AvgIpc) is 2.86. The number of rotatable bonds is 3. The van der Waals surface area contributed by atoms with Crippen LogP contribution in [-0.2, 0) is 4.79 Å². The van der Waals surface area contributed by atoms with Crippen molar-refractivity contribution < 1.29 is 14.0 Å². The van der Waals surface area contributed by atoms with E-state index in [4.69, 9.17) is 4.42 Å². The van der Waals surface area contributed by atoms with Crippen LogP contribution in [0.1, 0.15) is 17.5 Å². The third-order valence-electron chi connectivity index (χ3n) is 2.73. The number of hydrogen-bond donors (Lipinski definition) is 0. The molecule has 0 aliphatic carbocycles. The second-order valence-electron chi connectivity index (χ2n) is 3.95. The van der Waals surface area contributed by atoms with Gasteiger partial charge in [0, 0.05) is 25.2 Å². The summed E-state index contributed by atoms with van der Waals surface area (Å²) in [7, 11) is 1.71. The van der Waals surface area contributed by atoms with Crippen molar-refractivity contribution in [1.29, 1.82) is 0 Å². The number of carbonyl (C=O) groups is 2. The van der Waals surface area contributed by atoms with E-state index in [1.54, 1.807) is 24.1 Å². The van der Waals surface area contributed by atoms with E-state index < -0.39 is 0 Å². The van der Waals surface area contributed by atoms with Crippen LogP contribution < -0.4 is 4.90 Å². The lowest BCUT2D eigenvalue weighted by molar-refractivity contribution is -0.116. The first-order valence-electron chi connectivity index (χ1n) is 5.51. The molecule has 18 heavy (non-hydrogen) atoms. The molecule has 0 bridgehead atoms. The van der Waals surface area contributed by atoms with Crippen LogP contribution in [0, 0.1) is 0 Å². The van der Waals surface area contributed by atoms with Crippen molar-refractivity contribution in [1.82, 2.24) is 0 Å². The molecular formula is C14H13NO3. The summed E-state index contributed by atoms with van der Waals surface area (Å²) in [6.45, 7) is 1.50. The van der Waals surface area contributed by atoms with Crippen LogP contribution in [0.4, 0.5) is 5.69 Å². The van der Waals surface area contributed by atoms with Gasteiger partial charge in [-0.05, 0) is 24.3 Å². The topological polar surface area (TPSA) is 50.5 Å². The zero-order valence-electron chi connectivity index (χ0n) is 10.2. The number of anilines is 1. The molecule has 1 aromatic heterocycles. The summed E-state index contributed by atoms with van der Waals surface area (Å²) in [5.41, 5.74) is 1.61. The van der Waals surface area contributed by atoms with Gasteiger partial charge >= 0.3 is 0 Å². The van der Waals surface area contributed by atoms with Crippen molar-refractivity contribution in [3.05, 3.63) is 42.2 Å². The first-order chi connectivity index (χ1) is 8.61. The fraction of sp³-hybridized carbons (Fsp3) is 0.143. The molecule has 1 heterocycles. The third-order valence-corrected chi connectivity index (χ3v) is 2.73. The van der Waals surface area contributed by atoms with Gasteiger partial charge in [0.05, 0.1) is 0 Å². The summed E-state index contributed by atoms with van der Waals surface area (Å²) >= 11 is 0. The number of carbonyl (C=O) groups excluding carboxylic acids is 2. The molecular weight excluding hydrogens is 230 g/mol. The van der Waals surface area contributed by atoms with Crippen LogP contribution in [0.25, 0.3) is 11.3 Å². The Kier molecular flexibility index (Phi) is 3.28. The van der Waals surface area contributed by atoms with Crippen LogP contribution in [0.15, 0.2) is 40.8 Å². The molecule has 0 atom stereocenters. The van der Waals surface area contributed by atoms with Gasteiger partial charge in [-0.15, -0.1) is 0 Å². The lowest BCUT2D eigenvalue weighted by atomic mass is 10.1. The van der Waals surface area contributed by atoms with Crippen molar-refractivity contribution in [2.45, 2.75) is 6.92 Å². The Morgan fingerprint density at radius 2 is 2.06 bits per heavy atom. The van der Waals surface area contributed by atoms with E-state index >= 15 is 0 Å². The van der Waals surface area contributed by atoms with E-state index in [-0.39, 0.29) is 11.7 Å². The minimum atomic E-state index is -0.0415. The van der Waals surface area contributed by atoms with Gasteiger partial charge in [0.15, 0.2) is 12.0 Å². The van der Waals surface area contributed by atoms with E-state index in [1.807, 2.05) is 24.3 Å². The Hall–Kier alpha value is -2.36. The van der Waals surface area contributed by atoms with Crippen molar-refractivity contribution in [3.8, 4) is 11.3 Å². The Morgan fingerprint density at radius 1 is 1.28 bits per heavy atom. The number of hydrogen-bond acceptors (Lipinski definition) is 3. The fourth-order valence-corrected chi connectivity index (χ4v) is 1.62. The predicted molar refractivity (Wildman–Crippen MR) is 68.6 cm³/mol. The normalized spacial score (nSPS) is 10.1. The Balaban J connectivity index is 2.37. The summed E-state index contributed by atoms with van der Waals surface area (Å²) < 4.78 is 5.34. The molecule has 2 aromatic rings. The average molecular weight is 243 g/mol. The van der Waals surface area contributed by atoms with Gasteiger partial charge in [0.2, 0.25) is 5.91 Å². The maximum atomic E-state index is 11.3. The molecule has 0 unspecified atom stereocenters. The van der Waals surface area contributed by atoms with Crippen LogP contribution in [0.2, 0.25) is 0 Å². The lowest BCUT2D eigenvalue weighted by Crippen LogP contribution is -2.22. The van der Waals surface area contributed by atoms with Crippen molar-refractivity contribution in [2.75, 3.05) is 11.9 Å². The first kappa shape index (κ1) is 12.1. The maximum Gasteiger partial charge on any atom is 0.223 e. The van der Waals surface area contributed by atoms with E-state index in [0.29, 0.717) is 12.0 Å². The summed E-state index contributed by atoms with van der Waals surface area (Å²) in [6, 6.07) is 10.7. The molecule has 4 nitrogen and oxygen atoms in total. The van der Waals surface area contributed by atoms with E-state index in [9.17, 15) is 9.59 Å². The molecule has 0 aliphatic rings. The van der Waals surface area contributed by atoms with E-state index in [2.05, 4.69) is 0 Å². The van der Waals surface area contributed by atoms with E-state index in [1.165, 1.54) is 6.92 Å². The van der Waals surface area contributed by atoms with Gasteiger partial charge in [-0.1, -0.05) is 12.1 Å².